The summed E-state index contributed by atoms with van der Waals surface area (Å²) in [5.74, 6) is 1.09. The number of halogens is 1. The van der Waals surface area contributed by atoms with Gasteiger partial charge in [-0.05, 0) is 42.7 Å². The van der Waals surface area contributed by atoms with Crippen LogP contribution < -0.4 is 5.56 Å². The molecule has 0 amide bonds. The van der Waals surface area contributed by atoms with Crippen LogP contribution in [-0.2, 0) is 0 Å². The molecule has 0 radical (unpaired) electrons. The first-order chi connectivity index (χ1) is 12.7. The SMILES string of the molecule is O=c1c2ccccc2nc(C2CCCCC2)n1N=Cc1ccc(Br)cc1. The van der Waals surface area contributed by atoms with E-state index in [-0.39, 0.29) is 5.56 Å². The zero-order valence-corrected chi connectivity index (χ0v) is 16.0. The minimum Gasteiger partial charge on any atom is -0.267 e. The van der Waals surface area contributed by atoms with E-state index in [1.165, 1.54) is 23.9 Å². The first kappa shape index (κ1) is 17.2. The minimum atomic E-state index is -0.0930. The van der Waals surface area contributed by atoms with Gasteiger partial charge in [0.1, 0.15) is 5.82 Å². The van der Waals surface area contributed by atoms with E-state index >= 15 is 0 Å². The van der Waals surface area contributed by atoms with Crippen molar-refractivity contribution < 1.29 is 0 Å². The number of rotatable bonds is 3. The molecule has 132 valence electrons. The highest BCUT2D eigenvalue weighted by Crippen LogP contribution is 2.31. The fraction of sp³-hybridized carbons (Fsp3) is 0.286. The lowest BCUT2D eigenvalue weighted by Crippen LogP contribution is -2.25. The van der Waals surface area contributed by atoms with Crippen LogP contribution in [0.4, 0.5) is 0 Å². The number of benzene rings is 2. The van der Waals surface area contributed by atoms with E-state index in [0.29, 0.717) is 11.3 Å². The molecule has 1 aromatic heterocycles. The summed E-state index contributed by atoms with van der Waals surface area (Å²) in [5.41, 5.74) is 1.61. The maximum atomic E-state index is 13.1. The largest absolute Gasteiger partial charge is 0.282 e. The number of para-hydroxylation sites is 1. The van der Waals surface area contributed by atoms with Crippen LogP contribution in [-0.4, -0.2) is 15.9 Å². The van der Waals surface area contributed by atoms with Crippen molar-refractivity contribution in [2.24, 2.45) is 5.10 Å². The van der Waals surface area contributed by atoms with Gasteiger partial charge in [0.15, 0.2) is 0 Å². The molecule has 0 bridgehead atoms. The van der Waals surface area contributed by atoms with Crippen LogP contribution in [0.5, 0.6) is 0 Å². The van der Waals surface area contributed by atoms with E-state index in [0.717, 1.165) is 34.2 Å². The molecule has 0 aliphatic heterocycles. The minimum absolute atomic E-state index is 0.0930. The lowest BCUT2D eigenvalue weighted by molar-refractivity contribution is 0.416. The average molecular weight is 410 g/mol. The summed E-state index contributed by atoms with van der Waals surface area (Å²) in [6.45, 7) is 0. The number of hydrogen-bond donors (Lipinski definition) is 0. The number of hydrogen-bond acceptors (Lipinski definition) is 3. The molecule has 4 rings (SSSR count). The summed E-state index contributed by atoms with van der Waals surface area (Å²) >= 11 is 3.43. The second-order valence-corrected chi connectivity index (χ2v) is 7.65. The van der Waals surface area contributed by atoms with Crippen LogP contribution in [0.15, 0.2) is 62.9 Å². The molecule has 0 N–H and O–H groups in total. The van der Waals surface area contributed by atoms with E-state index in [1.54, 1.807) is 6.21 Å². The molecular weight excluding hydrogens is 390 g/mol. The topological polar surface area (TPSA) is 47.2 Å². The van der Waals surface area contributed by atoms with Crippen LogP contribution in [0.1, 0.15) is 49.4 Å². The van der Waals surface area contributed by atoms with Gasteiger partial charge in [-0.1, -0.05) is 59.5 Å². The highest BCUT2D eigenvalue weighted by atomic mass is 79.9. The summed E-state index contributed by atoms with van der Waals surface area (Å²) in [5, 5.41) is 5.14. The van der Waals surface area contributed by atoms with Crippen molar-refractivity contribution in [1.29, 1.82) is 0 Å². The zero-order valence-electron chi connectivity index (χ0n) is 14.4. The lowest BCUT2D eigenvalue weighted by atomic mass is 9.88. The molecule has 2 aromatic carbocycles. The monoisotopic (exact) mass is 409 g/mol. The van der Waals surface area contributed by atoms with Gasteiger partial charge in [0.25, 0.3) is 5.56 Å². The fourth-order valence-electron chi connectivity index (χ4n) is 3.55. The highest BCUT2D eigenvalue weighted by Gasteiger charge is 2.22. The number of nitrogens with zero attached hydrogens (tertiary/aromatic N) is 3. The maximum absolute atomic E-state index is 13.1. The molecular formula is C21H20BrN3O. The molecule has 5 heteroatoms. The number of fused-ring (bicyclic) bond motifs is 1. The predicted molar refractivity (Wildman–Crippen MR) is 109 cm³/mol. The van der Waals surface area contributed by atoms with Crippen molar-refractivity contribution in [3.05, 3.63) is 74.7 Å². The van der Waals surface area contributed by atoms with Crippen LogP contribution in [0.25, 0.3) is 10.9 Å². The van der Waals surface area contributed by atoms with Crippen molar-refractivity contribution in [2.45, 2.75) is 38.0 Å². The van der Waals surface area contributed by atoms with Crippen LogP contribution in [0.2, 0.25) is 0 Å². The Morgan fingerprint density at radius 1 is 1.04 bits per heavy atom. The molecule has 3 aromatic rings. The Morgan fingerprint density at radius 3 is 2.54 bits per heavy atom. The Labute approximate surface area is 160 Å². The number of aromatic nitrogens is 2. The summed E-state index contributed by atoms with van der Waals surface area (Å²) < 4.78 is 2.53. The highest BCUT2D eigenvalue weighted by molar-refractivity contribution is 9.10. The third-order valence-electron chi connectivity index (χ3n) is 4.94. The van der Waals surface area contributed by atoms with Crippen molar-refractivity contribution in [2.75, 3.05) is 0 Å². The quantitative estimate of drug-likeness (QED) is 0.565. The van der Waals surface area contributed by atoms with Gasteiger partial charge in [0, 0.05) is 10.4 Å². The average Bonchev–Trinajstić information content (AvgIpc) is 2.69. The van der Waals surface area contributed by atoms with Gasteiger partial charge in [-0.15, -0.1) is 0 Å². The summed E-state index contributed by atoms with van der Waals surface area (Å²) in [4.78, 5) is 17.9. The molecule has 4 nitrogen and oxygen atoms in total. The summed E-state index contributed by atoms with van der Waals surface area (Å²) in [7, 11) is 0. The first-order valence-electron chi connectivity index (χ1n) is 9.04. The van der Waals surface area contributed by atoms with Crippen molar-refractivity contribution in [3.63, 3.8) is 0 Å². The Kier molecular flexibility index (Phi) is 4.98. The van der Waals surface area contributed by atoms with Gasteiger partial charge >= 0.3 is 0 Å². The molecule has 1 fully saturated rings. The van der Waals surface area contributed by atoms with E-state index in [4.69, 9.17) is 4.98 Å². The van der Waals surface area contributed by atoms with E-state index in [1.807, 2.05) is 48.5 Å². The lowest BCUT2D eigenvalue weighted by Gasteiger charge is -2.22. The van der Waals surface area contributed by atoms with Crippen molar-refractivity contribution in [3.8, 4) is 0 Å². The van der Waals surface area contributed by atoms with Crippen LogP contribution in [0, 0.1) is 0 Å². The van der Waals surface area contributed by atoms with Gasteiger partial charge in [0.05, 0.1) is 17.1 Å². The molecule has 0 atom stereocenters. The van der Waals surface area contributed by atoms with Crippen molar-refractivity contribution in [1.82, 2.24) is 9.66 Å². The molecule has 0 unspecified atom stereocenters. The second-order valence-electron chi connectivity index (χ2n) is 6.74. The fourth-order valence-corrected chi connectivity index (χ4v) is 3.82. The standard InChI is InChI=1S/C21H20BrN3O/c22-17-12-10-15(11-13-17)14-23-25-20(16-6-2-1-3-7-16)24-19-9-5-4-8-18(19)21(25)26/h4-5,8-14,16H,1-3,6-7H2. The third-order valence-corrected chi connectivity index (χ3v) is 5.47. The van der Waals surface area contributed by atoms with Gasteiger partial charge in [-0.25, -0.2) is 4.98 Å². The smallest absolute Gasteiger partial charge is 0.267 e. The van der Waals surface area contributed by atoms with E-state index in [2.05, 4.69) is 21.0 Å². The van der Waals surface area contributed by atoms with E-state index in [9.17, 15) is 4.79 Å². The molecule has 0 saturated heterocycles. The molecule has 1 heterocycles. The molecule has 1 saturated carbocycles. The Balaban J connectivity index is 1.83. The van der Waals surface area contributed by atoms with Gasteiger partial charge in [0.2, 0.25) is 0 Å². The van der Waals surface area contributed by atoms with Gasteiger partial charge in [-0.2, -0.15) is 9.78 Å². The molecule has 0 spiro atoms. The molecule has 1 aliphatic rings. The van der Waals surface area contributed by atoms with Gasteiger partial charge < -0.3 is 0 Å². The van der Waals surface area contributed by atoms with Crippen LogP contribution in [0.3, 0.4) is 0 Å². The zero-order chi connectivity index (χ0) is 17.9. The molecule has 26 heavy (non-hydrogen) atoms. The van der Waals surface area contributed by atoms with Crippen molar-refractivity contribution >= 4 is 33.0 Å². The first-order valence-corrected chi connectivity index (χ1v) is 9.83. The van der Waals surface area contributed by atoms with E-state index < -0.39 is 0 Å². The normalized spacial score (nSPS) is 15.7. The van der Waals surface area contributed by atoms with Gasteiger partial charge in [-0.3, -0.25) is 4.79 Å². The maximum Gasteiger partial charge on any atom is 0.282 e. The van der Waals surface area contributed by atoms with Crippen LogP contribution >= 0.6 is 15.9 Å². The third kappa shape index (κ3) is 3.49. The Hall–Kier alpha value is -2.27. The second kappa shape index (κ2) is 7.54. The Bertz CT molecular complexity index is 1000. The predicted octanol–water partition coefficient (Wildman–Crippen LogP) is 5.09. The molecule has 1 aliphatic carbocycles. The summed E-state index contributed by atoms with van der Waals surface area (Å²) in [6, 6.07) is 15.4. The Morgan fingerprint density at radius 2 is 1.77 bits per heavy atom. The summed E-state index contributed by atoms with van der Waals surface area (Å²) in [6.07, 6.45) is 7.50.